The monoisotopic (exact) mass is 584 g/mol. The number of carbonyl (C=O) groups excluding carboxylic acids is 1. The van der Waals surface area contributed by atoms with E-state index in [1.54, 1.807) is 24.3 Å². The predicted octanol–water partition coefficient (Wildman–Crippen LogP) is 4.80. The lowest BCUT2D eigenvalue weighted by Gasteiger charge is -2.16. The number of carbonyl (C=O) groups is 1. The molecule has 37 heavy (non-hydrogen) atoms. The number of benzene rings is 2. The fourth-order valence-corrected chi connectivity index (χ4v) is 4.66. The maximum Gasteiger partial charge on any atom is 0.276 e. The first-order chi connectivity index (χ1) is 17.9. The smallest absolute Gasteiger partial charge is 0.276 e. The molecule has 3 aromatic rings. The number of methoxy groups -OCH3 is 1. The summed E-state index contributed by atoms with van der Waals surface area (Å²) in [6.07, 6.45) is 6.06. The second-order valence-electron chi connectivity index (χ2n) is 8.27. The number of thiocarbonyl (C=S) groups is 1. The highest BCUT2D eigenvalue weighted by Crippen LogP contribution is 2.29. The average molecular weight is 586 g/mol. The molecule has 0 saturated carbocycles. The molecule has 194 valence electrons. The van der Waals surface area contributed by atoms with Crippen LogP contribution in [0.15, 0.2) is 59.0 Å². The Bertz CT molecular complexity index is 1320. The van der Waals surface area contributed by atoms with Gasteiger partial charge in [0.25, 0.3) is 5.91 Å². The zero-order valence-electron chi connectivity index (χ0n) is 21.0. The van der Waals surface area contributed by atoms with E-state index >= 15 is 0 Å². The van der Waals surface area contributed by atoms with Crippen LogP contribution >= 0.6 is 28.1 Å². The normalized spacial score (nSPS) is 14.3. The van der Waals surface area contributed by atoms with Gasteiger partial charge in [-0.15, -0.1) is 0 Å². The van der Waals surface area contributed by atoms with Crippen molar-refractivity contribution < 1.29 is 19.0 Å². The van der Waals surface area contributed by atoms with Crippen molar-refractivity contribution in [3.05, 3.63) is 75.7 Å². The summed E-state index contributed by atoms with van der Waals surface area (Å²) in [5.74, 6) is 2.01. The Labute approximate surface area is 230 Å². The highest BCUT2D eigenvalue weighted by molar-refractivity contribution is 9.10. The number of hydrogen-bond acceptors (Lipinski definition) is 6. The van der Waals surface area contributed by atoms with Gasteiger partial charge in [-0.2, -0.15) is 5.10 Å². The Morgan fingerprint density at radius 1 is 1.08 bits per heavy atom. The molecule has 1 amide bonds. The van der Waals surface area contributed by atoms with Gasteiger partial charge in [-0.05, 0) is 89.9 Å². The Hall–Kier alpha value is -3.37. The van der Waals surface area contributed by atoms with Crippen LogP contribution in [0.25, 0.3) is 6.08 Å². The average Bonchev–Trinajstić information content (AvgIpc) is 3.41. The number of nitrogens with one attached hydrogen (secondary N) is 1. The van der Waals surface area contributed by atoms with Crippen LogP contribution in [-0.2, 0) is 17.8 Å². The Morgan fingerprint density at radius 2 is 1.84 bits per heavy atom. The van der Waals surface area contributed by atoms with Crippen LogP contribution in [0, 0.1) is 0 Å². The van der Waals surface area contributed by atoms with Gasteiger partial charge in [0.15, 0.2) is 16.6 Å². The number of amides is 1. The lowest BCUT2D eigenvalue weighted by molar-refractivity contribution is -0.122. The molecule has 0 bridgehead atoms. The standard InChI is InChI=1S/C27H29BrN4O4S/c1-4-35-24-9-6-18(14-25(24)36-5-2)10-11-32-26(33)22(30-27(32)37)13-19-7-8-23(34-3)20(12-19)16-31-17-21(28)15-29-31/h6-9,12-15,17H,4-5,10-11,16H2,1-3H3,(H,30,37)/b22-13+. The highest BCUT2D eigenvalue weighted by atomic mass is 79.9. The van der Waals surface area contributed by atoms with E-state index in [4.69, 9.17) is 26.4 Å². The summed E-state index contributed by atoms with van der Waals surface area (Å²) in [6, 6.07) is 11.6. The lowest BCUT2D eigenvalue weighted by Crippen LogP contribution is -2.32. The molecule has 2 heterocycles. The lowest BCUT2D eigenvalue weighted by atomic mass is 10.1. The topological polar surface area (TPSA) is 77.8 Å². The van der Waals surface area contributed by atoms with Crippen LogP contribution in [-0.4, -0.2) is 52.6 Å². The van der Waals surface area contributed by atoms with Crippen LogP contribution in [0.2, 0.25) is 0 Å². The van der Waals surface area contributed by atoms with Crippen molar-refractivity contribution in [2.45, 2.75) is 26.8 Å². The Kier molecular flexibility index (Phi) is 8.83. The highest BCUT2D eigenvalue weighted by Gasteiger charge is 2.30. The predicted molar refractivity (Wildman–Crippen MR) is 150 cm³/mol. The minimum Gasteiger partial charge on any atom is -0.496 e. The molecule has 0 atom stereocenters. The number of hydrogen-bond donors (Lipinski definition) is 1. The van der Waals surface area contributed by atoms with Crippen molar-refractivity contribution in [2.24, 2.45) is 0 Å². The summed E-state index contributed by atoms with van der Waals surface area (Å²) in [5, 5.41) is 7.78. The van der Waals surface area contributed by atoms with Crippen molar-refractivity contribution in [1.29, 1.82) is 0 Å². The summed E-state index contributed by atoms with van der Waals surface area (Å²) < 4.78 is 19.6. The first-order valence-electron chi connectivity index (χ1n) is 12.0. The van der Waals surface area contributed by atoms with E-state index in [1.165, 1.54) is 0 Å². The van der Waals surface area contributed by atoms with E-state index in [0.717, 1.165) is 26.9 Å². The minimum absolute atomic E-state index is 0.158. The third kappa shape index (κ3) is 6.50. The molecule has 0 spiro atoms. The molecule has 1 saturated heterocycles. The van der Waals surface area contributed by atoms with Gasteiger partial charge in [0.1, 0.15) is 11.4 Å². The van der Waals surface area contributed by atoms with Crippen molar-refractivity contribution >= 4 is 45.2 Å². The first-order valence-corrected chi connectivity index (χ1v) is 13.2. The van der Waals surface area contributed by atoms with Crippen molar-refractivity contribution in [3.8, 4) is 17.2 Å². The third-order valence-corrected chi connectivity index (χ3v) is 6.48. The van der Waals surface area contributed by atoms with Crippen molar-refractivity contribution in [3.63, 3.8) is 0 Å². The van der Waals surface area contributed by atoms with E-state index in [2.05, 4.69) is 26.3 Å². The summed E-state index contributed by atoms with van der Waals surface area (Å²) >= 11 is 8.90. The van der Waals surface area contributed by atoms with Gasteiger partial charge in [0.2, 0.25) is 0 Å². The van der Waals surface area contributed by atoms with Gasteiger partial charge < -0.3 is 19.5 Å². The molecule has 0 radical (unpaired) electrons. The van der Waals surface area contributed by atoms with Gasteiger partial charge >= 0.3 is 0 Å². The fourth-order valence-electron chi connectivity index (χ4n) is 4.04. The third-order valence-electron chi connectivity index (χ3n) is 5.74. The van der Waals surface area contributed by atoms with E-state index in [1.807, 2.05) is 61.1 Å². The van der Waals surface area contributed by atoms with Gasteiger partial charge in [0.05, 0.1) is 37.5 Å². The number of aromatic nitrogens is 2. The van der Waals surface area contributed by atoms with Gasteiger partial charge in [0, 0.05) is 18.3 Å². The molecule has 10 heteroatoms. The summed E-state index contributed by atoms with van der Waals surface area (Å²) in [6.45, 7) is 5.96. The van der Waals surface area contributed by atoms with Gasteiger partial charge in [-0.25, -0.2) is 0 Å². The van der Waals surface area contributed by atoms with E-state index in [9.17, 15) is 4.79 Å². The summed E-state index contributed by atoms with van der Waals surface area (Å²) in [7, 11) is 1.63. The number of rotatable bonds is 11. The molecule has 0 aliphatic carbocycles. The molecular weight excluding hydrogens is 556 g/mol. The Balaban J connectivity index is 1.47. The van der Waals surface area contributed by atoms with Crippen LogP contribution in [0.4, 0.5) is 0 Å². The number of ether oxygens (including phenoxy) is 3. The quantitative estimate of drug-likeness (QED) is 0.256. The Morgan fingerprint density at radius 3 is 2.54 bits per heavy atom. The van der Waals surface area contributed by atoms with Crippen molar-refractivity contribution in [2.75, 3.05) is 26.9 Å². The molecule has 1 aromatic heterocycles. The van der Waals surface area contributed by atoms with Gasteiger partial charge in [-0.1, -0.05) is 12.1 Å². The molecule has 8 nitrogen and oxygen atoms in total. The molecule has 0 unspecified atom stereocenters. The minimum atomic E-state index is -0.158. The second kappa shape index (κ2) is 12.2. The van der Waals surface area contributed by atoms with E-state index in [-0.39, 0.29) is 5.91 Å². The summed E-state index contributed by atoms with van der Waals surface area (Å²) in [5.41, 5.74) is 3.27. The number of nitrogens with zero attached hydrogens (tertiary/aromatic N) is 3. The van der Waals surface area contributed by atoms with E-state index in [0.29, 0.717) is 55.0 Å². The summed E-state index contributed by atoms with van der Waals surface area (Å²) in [4.78, 5) is 14.8. The van der Waals surface area contributed by atoms with Crippen LogP contribution in [0.3, 0.4) is 0 Å². The van der Waals surface area contributed by atoms with Crippen LogP contribution < -0.4 is 19.5 Å². The SMILES string of the molecule is CCOc1ccc(CCN2C(=O)/C(=C\c3ccc(OC)c(Cn4cc(Br)cn4)c3)NC2=S)cc1OCC. The zero-order valence-corrected chi connectivity index (χ0v) is 23.4. The van der Waals surface area contributed by atoms with Gasteiger partial charge in [-0.3, -0.25) is 14.4 Å². The maximum absolute atomic E-state index is 13.2. The van der Waals surface area contributed by atoms with Crippen LogP contribution in [0.5, 0.6) is 17.2 Å². The zero-order chi connectivity index (χ0) is 26.4. The second-order valence-corrected chi connectivity index (χ2v) is 9.57. The first kappa shape index (κ1) is 26.7. The van der Waals surface area contributed by atoms with E-state index < -0.39 is 0 Å². The maximum atomic E-state index is 13.2. The number of halogens is 1. The fraction of sp³-hybridized carbons (Fsp3) is 0.296. The molecule has 1 aliphatic heterocycles. The molecule has 2 aromatic carbocycles. The molecular formula is C27H29BrN4O4S. The molecule has 4 rings (SSSR count). The molecule has 1 fully saturated rings. The van der Waals surface area contributed by atoms with Crippen molar-refractivity contribution in [1.82, 2.24) is 20.0 Å². The largest absolute Gasteiger partial charge is 0.496 e. The van der Waals surface area contributed by atoms with Crippen LogP contribution in [0.1, 0.15) is 30.5 Å². The molecule has 1 aliphatic rings. The molecule has 1 N–H and O–H groups in total.